The van der Waals surface area contributed by atoms with Crippen LogP contribution in [0, 0.1) is 0 Å². The molecule has 0 heterocycles. The molecule has 2 nitrogen and oxygen atoms in total. The molecule has 0 fully saturated rings. The maximum absolute atomic E-state index is 4.16. The fourth-order valence-electron chi connectivity index (χ4n) is 1.82. The van der Waals surface area contributed by atoms with E-state index in [0.717, 1.165) is 51.9 Å². The average molecular weight is 366 g/mol. The van der Waals surface area contributed by atoms with Gasteiger partial charge in [-0.3, -0.25) is 0 Å². The van der Waals surface area contributed by atoms with Crippen molar-refractivity contribution in [2.75, 3.05) is 26.2 Å². The summed E-state index contributed by atoms with van der Waals surface area (Å²) >= 11 is 0.306. The van der Waals surface area contributed by atoms with Crippen molar-refractivity contribution in [1.82, 2.24) is 0 Å². The number of nitrogens with zero attached hydrogens (tertiary/aromatic N) is 2. The average Bonchev–Trinajstić information content (AvgIpc) is 3.11. The quantitative estimate of drug-likeness (QED) is 0.201. The van der Waals surface area contributed by atoms with Crippen LogP contribution in [0.15, 0.2) is 47.4 Å². The Morgan fingerprint density at radius 3 is 1.88 bits per heavy atom. The molecule has 0 amide bonds. The van der Waals surface area contributed by atoms with Gasteiger partial charge in [0.05, 0.1) is 0 Å². The summed E-state index contributed by atoms with van der Waals surface area (Å²) in [5, 5.41) is 8.32. The van der Waals surface area contributed by atoms with Crippen LogP contribution in [-0.4, -0.2) is 26.2 Å². The van der Waals surface area contributed by atoms with Crippen molar-refractivity contribution in [2.24, 2.45) is 0 Å². The summed E-state index contributed by atoms with van der Waals surface area (Å²) in [5.41, 5.74) is 0. The van der Waals surface area contributed by atoms with Gasteiger partial charge in [0.25, 0.3) is 0 Å². The van der Waals surface area contributed by atoms with Gasteiger partial charge in [0.1, 0.15) is 0 Å². The molecule has 1 aliphatic carbocycles. The Balaban J connectivity index is 0. The van der Waals surface area contributed by atoms with E-state index < -0.39 is 0 Å². The molecule has 0 unspecified atom stereocenters. The van der Waals surface area contributed by atoms with Crippen LogP contribution < -0.4 is 0 Å². The molecule has 0 N–H and O–H groups in total. The molecule has 0 spiro atoms. The molecule has 0 aromatic heterocycles. The van der Waals surface area contributed by atoms with Gasteiger partial charge in [0, 0.05) is 0 Å². The Morgan fingerprint density at radius 2 is 1.54 bits per heavy atom. The minimum atomic E-state index is 0.306. The second-order valence-corrected chi connectivity index (χ2v) is 7.90. The summed E-state index contributed by atoms with van der Waals surface area (Å²) in [7, 11) is 0. The minimum absolute atomic E-state index is 0.306. The van der Waals surface area contributed by atoms with Crippen molar-refractivity contribution >= 4 is 0 Å². The van der Waals surface area contributed by atoms with Crippen LogP contribution in [0.5, 0.6) is 0 Å². The molecule has 1 aliphatic rings. The van der Waals surface area contributed by atoms with E-state index in [1.807, 2.05) is 12.2 Å². The summed E-state index contributed by atoms with van der Waals surface area (Å²) in [4.78, 5) is 0. The topological polar surface area (TPSA) is 28.2 Å². The Labute approximate surface area is 160 Å². The molecule has 1 rings (SSSR count). The Kier molecular flexibility index (Phi) is 26.7. The van der Waals surface area contributed by atoms with Gasteiger partial charge in [-0.05, 0) is 12.8 Å². The molecule has 0 bridgehead atoms. The number of hydrogen-bond donors (Lipinski definition) is 0. The van der Waals surface area contributed by atoms with Gasteiger partial charge in [0.2, 0.25) is 0 Å². The van der Waals surface area contributed by atoms with Crippen molar-refractivity contribution in [3.8, 4) is 0 Å². The SMILES string of the molecule is C=CCCC[N-]CC.C=CCCC[N-]CC.C[CH2][Ti+2][C]1=CC=CC1. The molecule has 0 saturated heterocycles. The molecule has 24 heavy (non-hydrogen) atoms. The van der Waals surface area contributed by atoms with E-state index in [2.05, 4.69) is 62.8 Å². The molecule has 0 aromatic carbocycles. The second kappa shape index (κ2) is 24.8. The van der Waals surface area contributed by atoms with Gasteiger partial charge in [-0.15, -0.1) is 26.2 Å². The number of rotatable bonds is 12. The third kappa shape index (κ3) is 23.9. The van der Waals surface area contributed by atoms with Crippen LogP contribution in [0.25, 0.3) is 10.6 Å². The first kappa shape index (κ1) is 25.8. The van der Waals surface area contributed by atoms with Crippen molar-refractivity contribution in [2.45, 2.75) is 57.6 Å². The first-order chi connectivity index (χ1) is 11.8. The monoisotopic (exact) mass is 366 g/mol. The molecule has 136 valence electrons. The molecule has 0 aliphatic heterocycles. The first-order valence-electron chi connectivity index (χ1n) is 9.34. The zero-order chi connectivity index (χ0) is 18.3. The van der Waals surface area contributed by atoms with Crippen LogP contribution in [0.1, 0.15) is 52.9 Å². The third-order valence-electron chi connectivity index (χ3n) is 3.07. The van der Waals surface area contributed by atoms with Crippen molar-refractivity contribution < 1.29 is 19.2 Å². The molecule has 0 radical (unpaired) electrons. The van der Waals surface area contributed by atoms with Gasteiger partial charge >= 0.3 is 59.3 Å². The zero-order valence-electron chi connectivity index (χ0n) is 16.3. The summed E-state index contributed by atoms with van der Waals surface area (Å²) in [6.45, 7) is 17.6. The van der Waals surface area contributed by atoms with Crippen LogP contribution in [0.4, 0.5) is 0 Å². The predicted octanol–water partition coefficient (Wildman–Crippen LogP) is 7.04. The summed E-state index contributed by atoms with van der Waals surface area (Å²) in [6, 6.07) is 0. The van der Waals surface area contributed by atoms with Crippen molar-refractivity contribution in [3.05, 3.63) is 58.0 Å². The van der Waals surface area contributed by atoms with E-state index in [4.69, 9.17) is 0 Å². The predicted molar refractivity (Wildman–Crippen MR) is 109 cm³/mol. The van der Waals surface area contributed by atoms with E-state index >= 15 is 0 Å². The molecule has 0 aromatic rings. The van der Waals surface area contributed by atoms with Gasteiger partial charge in [-0.2, -0.15) is 13.1 Å². The summed E-state index contributed by atoms with van der Waals surface area (Å²) < 4.78 is 3.13. The Morgan fingerprint density at radius 1 is 1.00 bits per heavy atom. The van der Waals surface area contributed by atoms with Gasteiger partial charge in [-0.1, -0.05) is 38.8 Å². The molecule has 0 saturated carbocycles. The number of allylic oxidation sites excluding steroid dienone is 6. The fourth-order valence-corrected chi connectivity index (χ4v) is 3.27. The van der Waals surface area contributed by atoms with Crippen LogP contribution in [-0.2, 0) is 19.2 Å². The van der Waals surface area contributed by atoms with Crippen molar-refractivity contribution in [1.29, 1.82) is 0 Å². The van der Waals surface area contributed by atoms with Crippen LogP contribution >= 0.6 is 0 Å². The van der Waals surface area contributed by atoms with E-state index in [-0.39, 0.29) is 0 Å². The molecular weight excluding hydrogens is 328 g/mol. The Bertz CT molecular complexity index is 306. The van der Waals surface area contributed by atoms with Gasteiger partial charge in [0.15, 0.2) is 0 Å². The van der Waals surface area contributed by atoms with Gasteiger partial charge < -0.3 is 10.6 Å². The van der Waals surface area contributed by atoms with Crippen LogP contribution in [0.2, 0.25) is 4.73 Å². The summed E-state index contributed by atoms with van der Waals surface area (Å²) in [5.74, 6) is 0. The van der Waals surface area contributed by atoms with Gasteiger partial charge in [-0.25, -0.2) is 0 Å². The van der Waals surface area contributed by atoms with E-state index in [0.29, 0.717) is 19.2 Å². The molecular formula is C21H38N2Ti. The van der Waals surface area contributed by atoms with E-state index in [1.165, 1.54) is 11.1 Å². The third-order valence-corrected chi connectivity index (χ3v) is 4.91. The Hall–Kier alpha value is -0.406. The second-order valence-electron chi connectivity index (χ2n) is 5.24. The number of hydrogen-bond acceptors (Lipinski definition) is 0. The van der Waals surface area contributed by atoms with Crippen LogP contribution in [0.3, 0.4) is 0 Å². The standard InChI is InChI=1S/2C7H14N.C5H5.C2H5.Ti/c2*1-3-5-6-7-8-4-2;1-2-4-5-3-1;1-2;/h2*3H,1,4-7H2,2H3;1-3H,4H2;1H2,2H3;/q2*-1;;;+2. The molecule has 3 heteroatoms. The van der Waals surface area contributed by atoms with Crippen molar-refractivity contribution in [3.63, 3.8) is 0 Å². The summed E-state index contributed by atoms with van der Waals surface area (Å²) in [6.07, 6.45) is 16.4. The first-order valence-corrected chi connectivity index (χ1v) is 11.2. The fraction of sp³-hybridized carbons (Fsp3) is 0.619. The maximum atomic E-state index is 4.16. The molecule has 0 atom stereocenters. The van der Waals surface area contributed by atoms with E-state index in [9.17, 15) is 0 Å². The van der Waals surface area contributed by atoms with E-state index in [1.54, 1.807) is 3.88 Å². The normalized spacial score (nSPS) is 11.4. The zero-order valence-corrected chi connectivity index (χ0v) is 17.8. The number of unbranched alkanes of at least 4 members (excludes halogenated alkanes) is 2.